The fourth-order valence-electron chi connectivity index (χ4n) is 4.09. The molecule has 5 heteroatoms. The van der Waals surface area contributed by atoms with Gasteiger partial charge in [-0.05, 0) is 35.9 Å². The first-order valence-electron chi connectivity index (χ1n) is 9.95. The third-order valence-electron chi connectivity index (χ3n) is 5.56. The van der Waals surface area contributed by atoms with Crippen molar-refractivity contribution in [3.63, 3.8) is 0 Å². The van der Waals surface area contributed by atoms with Gasteiger partial charge >= 0.3 is 0 Å². The van der Waals surface area contributed by atoms with Gasteiger partial charge in [-0.25, -0.2) is 0 Å². The SMILES string of the molecule is COc1c(C(=O)NC[C@H]2CCN(Cc3ccccc3)C2)cc(Br)c2ccccc12. The van der Waals surface area contributed by atoms with E-state index in [2.05, 4.69) is 50.4 Å². The second-order valence-electron chi connectivity index (χ2n) is 7.57. The lowest BCUT2D eigenvalue weighted by molar-refractivity contribution is 0.0944. The van der Waals surface area contributed by atoms with E-state index in [4.69, 9.17) is 4.74 Å². The van der Waals surface area contributed by atoms with Crippen LogP contribution in [0.2, 0.25) is 0 Å². The summed E-state index contributed by atoms with van der Waals surface area (Å²) in [5.41, 5.74) is 1.90. The third kappa shape index (κ3) is 4.46. The van der Waals surface area contributed by atoms with Crippen LogP contribution in [0, 0.1) is 5.92 Å². The standard InChI is InChI=1S/C24H25BrN2O2/c1-29-23-20-10-6-5-9-19(20)22(25)13-21(23)24(28)26-14-18-11-12-27(16-18)15-17-7-3-2-4-8-17/h2-10,13,18H,11-12,14-16H2,1H3,(H,26,28)/t18-/m1/s1. The van der Waals surface area contributed by atoms with E-state index >= 15 is 0 Å². The summed E-state index contributed by atoms with van der Waals surface area (Å²) in [5.74, 6) is 1.01. The molecule has 1 amide bonds. The van der Waals surface area contributed by atoms with E-state index in [9.17, 15) is 4.79 Å². The molecule has 0 bridgehead atoms. The number of methoxy groups -OCH3 is 1. The largest absolute Gasteiger partial charge is 0.495 e. The molecule has 0 unspecified atom stereocenters. The summed E-state index contributed by atoms with van der Waals surface area (Å²) in [6, 6.07) is 20.3. The molecular formula is C24H25BrN2O2. The van der Waals surface area contributed by atoms with Gasteiger partial charge in [-0.2, -0.15) is 0 Å². The van der Waals surface area contributed by atoms with Gasteiger partial charge in [0.25, 0.3) is 5.91 Å². The number of carbonyl (C=O) groups is 1. The number of carbonyl (C=O) groups excluding carboxylic acids is 1. The molecule has 1 saturated heterocycles. The van der Waals surface area contributed by atoms with E-state index < -0.39 is 0 Å². The molecule has 4 nitrogen and oxygen atoms in total. The number of halogens is 1. The van der Waals surface area contributed by atoms with Gasteiger partial charge in [0, 0.05) is 29.5 Å². The van der Waals surface area contributed by atoms with Crippen LogP contribution in [0.3, 0.4) is 0 Å². The Morgan fingerprint density at radius 3 is 2.62 bits per heavy atom. The van der Waals surface area contributed by atoms with E-state index in [0.29, 0.717) is 23.8 Å². The van der Waals surface area contributed by atoms with Crippen LogP contribution in [0.5, 0.6) is 5.75 Å². The average molecular weight is 453 g/mol. The first kappa shape index (κ1) is 19.9. The maximum Gasteiger partial charge on any atom is 0.255 e. The Labute approximate surface area is 180 Å². The van der Waals surface area contributed by atoms with Gasteiger partial charge in [0.2, 0.25) is 0 Å². The molecule has 1 N–H and O–H groups in total. The Hall–Kier alpha value is -2.37. The van der Waals surface area contributed by atoms with Crippen LogP contribution in [0.25, 0.3) is 10.8 Å². The lowest BCUT2D eigenvalue weighted by atomic mass is 10.0. The molecule has 0 radical (unpaired) electrons. The van der Waals surface area contributed by atoms with Crippen molar-refractivity contribution in [3.05, 3.63) is 76.3 Å². The predicted molar refractivity (Wildman–Crippen MR) is 120 cm³/mol. The first-order chi connectivity index (χ1) is 14.2. The topological polar surface area (TPSA) is 41.6 Å². The summed E-state index contributed by atoms with van der Waals surface area (Å²) in [5, 5.41) is 5.10. The number of fused-ring (bicyclic) bond motifs is 1. The minimum Gasteiger partial charge on any atom is -0.495 e. The second-order valence-corrected chi connectivity index (χ2v) is 8.42. The zero-order valence-electron chi connectivity index (χ0n) is 16.5. The number of rotatable bonds is 6. The molecule has 1 heterocycles. The number of nitrogens with one attached hydrogen (secondary N) is 1. The monoisotopic (exact) mass is 452 g/mol. The molecule has 150 valence electrons. The zero-order valence-corrected chi connectivity index (χ0v) is 18.1. The van der Waals surface area contributed by atoms with Crippen molar-refractivity contribution < 1.29 is 9.53 Å². The smallest absolute Gasteiger partial charge is 0.255 e. The Morgan fingerprint density at radius 1 is 1.14 bits per heavy atom. The van der Waals surface area contributed by atoms with Crippen molar-refractivity contribution in [2.45, 2.75) is 13.0 Å². The van der Waals surface area contributed by atoms with Crippen LogP contribution in [0.1, 0.15) is 22.3 Å². The summed E-state index contributed by atoms with van der Waals surface area (Å²) in [6.45, 7) is 3.72. The van der Waals surface area contributed by atoms with Crippen LogP contribution >= 0.6 is 15.9 Å². The Kier molecular flexibility index (Phi) is 6.16. The first-order valence-corrected chi connectivity index (χ1v) is 10.7. The number of ether oxygens (including phenoxy) is 1. The van der Waals surface area contributed by atoms with Crippen molar-refractivity contribution in [2.24, 2.45) is 5.92 Å². The molecule has 0 spiro atoms. The number of benzene rings is 3. The molecule has 1 fully saturated rings. The van der Waals surface area contributed by atoms with Gasteiger partial charge in [-0.15, -0.1) is 0 Å². The summed E-state index contributed by atoms with van der Waals surface area (Å²) >= 11 is 3.59. The molecule has 29 heavy (non-hydrogen) atoms. The zero-order chi connectivity index (χ0) is 20.2. The normalized spacial score (nSPS) is 16.8. The molecule has 4 rings (SSSR count). The second kappa shape index (κ2) is 8.97. The van der Waals surface area contributed by atoms with Crippen molar-refractivity contribution in [2.75, 3.05) is 26.7 Å². The highest BCUT2D eigenvalue weighted by Crippen LogP contribution is 2.35. The Morgan fingerprint density at radius 2 is 1.86 bits per heavy atom. The predicted octanol–water partition coefficient (Wildman–Crippen LogP) is 4.86. The van der Waals surface area contributed by atoms with Crippen LogP contribution in [0.15, 0.2) is 65.1 Å². The number of hydrogen-bond acceptors (Lipinski definition) is 3. The van der Waals surface area contributed by atoms with E-state index in [-0.39, 0.29) is 5.91 Å². The van der Waals surface area contributed by atoms with Crippen molar-refractivity contribution in [3.8, 4) is 5.75 Å². The summed E-state index contributed by atoms with van der Waals surface area (Å²) in [4.78, 5) is 15.4. The fraction of sp³-hybridized carbons (Fsp3) is 0.292. The van der Waals surface area contributed by atoms with E-state index in [1.54, 1.807) is 7.11 Å². The maximum absolute atomic E-state index is 12.9. The van der Waals surface area contributed by atoms with Gasteiger partial charge in [0.05, 0.1) is 12.7 Å². The molecule has 3 aromatic carbocycles. The molecule has 3 aromatic rings. The maximum atomic E-state index is 12.9. The highest BCUT2D eigenvalue weighted by molar-refractivity contribution is 9.10. The molecule has 1 atom stereocenters. The van der Waals surface area contributed by atoms with Gasteiger partial charge in [-0.3, -0.25) is 9.69 Å². The van der Waals surface area contributed by atoms with Crippen molar-refractivity contribution in [1.29, 1.82) is 0 Å². The number of hydrogen-bond donors (Lipinski definition) is 1. The number of likely N-dealkylation sites (tertiary alicyclic amines) is 1. The van der Waals surface area contributed by atoms with Crippen molar-refractivity contribution >= 4 is 32.6 Å². The minimum atomic E-state index is -0.0881. The molecular weight excluding hydrogens is 428 g/mol. The molecule has 0 aliphatic carbocycles. The Bertz CT molecular complexity index is 1010. The lowest BCUT2D eigenvalue weighted by Gasteiger charge is -2.17. The summed E-state index contributed by atoms with van der Waals surface area (Å²) < 4.78 is 6.50. The number of amides is 1. The van der Waals surface area contributed by atoms with E-state index in [1.165, 1.54) is 5.56 Å². The highest BCUT2D eigenvalue weighted by atomic mass is 79.9. The number of nitrogens with zero attached hydrogens (tertiary/aromatic N) is 1. The van der Waals surface area contributed by atoms with Gasteiger partial charge in [-0.1, -0.05) is 70.5 Å². The fourth-order valence-corrected chi connectivity index (χ4v) is 4.66. The van der Waals surface area contributed by atoms with Gasteiger partial charge in [0.1, 0.15) is 5.75 Å². The van der Waals surface area contributed by atoms with Crippen LogP contribution in [-0.4, -0.2) is 37.6 Å². The average Bonchev–Trinajstić information content (AvgIpc) is 3.20. The molecule has 0 aromatic heterocycles. The lowest BCUT2D eigenvalue weighted by Crippen LogP contribution is -2.31. The van der Waals surface area contributed by atoms with E-state index in [0.717, 1.165) is 41.3 Å². The van der Waals surface area contributed by atoms with Crippen LogP contribution in [0.4, 0.5) is 0 Å². The van der Waals surface area contributed by atoms with Gasteiger partial charge in [0.15, 0.2) is 0 Å². The summed E-state index contributed by atoms with van der Waals surface area (Å²) in [7, 11) is 1.62. The van der Waals surface area contributed by atoms with Crippen molar-refractivity contribution in [1.82, 2.24) is 10.2 Å². The molecule has 1 aliphatic rings. The quantitative estimate of drug-likeness (QED) is 0.580. The highest BCUT2D eigenvalue weighted by Gasteiger charge is 2.24. The molecule has 0 saturated carbocycles. The Balaban J connectivity index is 1.40. The minimum absolute atomic E-state index is 0.0881. The summed E-state index contributed by atoms with van der Waals surface area (Å²) in [6.07, 6.45) is 1.10. The molecule has 1 aliphatic heterocycles. The van der Waals surface area contributed by atoms with E-state index in [1.807, 2.05) is 36.4 Å². The van der Waals surface area contributed by atoms with Crippen LogP contribution in [-0.2, 0) is 6.54 Å². The third-order valence-corrected chi connectivity index (χ3v) is 6.22. The van der Waals surface area contributed by atoms with Gasteiger partial charge < -0.3 is 10.1 Å². The van der Waals surface area contributed by atoms with Crippen LogP contribution < -0.4 is 10.1 Å².